The molecule has 1 saturated carbocycles. The van der Waals surface area contributed by atoms with E-state index in [4.69, 9.17) is 4.74 Å². The Morgan fingerprint density at radius 2 is 2.05 bits per heavy atom. The number of pyridine rings is 1. The highest BCUT2D eigenvalue weighted by molar-refractivity contribution is 5.15. The van der Waals surface area contributed by atoms with Crippen LogP contribution < -0.4 is 10.1 Å². The molecule has 3 nitrogen and oxygen atoms in total. The van der Waals surface area contributed by atoms with Crippen LogP contribution >= 0.6 is 0 Å². The number of hydrogen-bond acceptors (Lipinski definition) is 3. The zero-order valence-corrected chi connectivity index (χ0v) is 12.9. The first-order chi connectivity index (χ1) is 9.74. The predicted molar refractivity (Wildman–Crippen MR) is 82.9 cm³/mol. The van der Waals surface area contributed by atoms with Gasteiger partial charge in [0.1, 0.15) is 0 Å². The summed E-state index contributed by atoms with van der Waals surface area (Å²) in [6, 6.07) is 6.06. The number of hydrogen-bond donors (Lipinski definition) is 1. The summed E-state index contributed by atoms with van der Waals surface area (Å²) in [6.45, 7) is 7.10. The van der Waals surface area contributed by atoms with Gasteiger partial charge in [-0.05, 0) is 37.3 Å². The van der Waals surface area contributed by atoms with Crippen LogP contribution in [-0.4, -0.2) is 18.1 Å². The fourth-order valence-electron chi connectivity index (χ4n) is 2.68. The molecule has 0 bridgehead atoms. The highest BCUT2D eigenvalue weighted by Gasteiger charge is 2.14. The molecule has 1 heterocycles. The molecule has 0 aliphatic heterocycles. The summed E-state index contributed by atoms with van der Waals surface area (Å²) < 4.78 is 5.87. The fourth-order valence-corrected chi connectivity index (χ4v) is 2.68. The number of rotatable bonds is 7. The lowest BCUT2D eigenvalue weighted by Gasteiger charge is -2.21. The van der Waals surface area contributed by atoms with E-state index in [9.17, 15) is 0 Å². The van der Waals surface area contributed by atoms with Crippen LogP contribution in [0.25, 0.3) is 0 Å². The Balaban J connectivity index is 1.76. The van der Waals surface area contributed by atoms with E-state index in [2.05, 4.69) is 30.2 Å². The fraction of sp³-hybridized carbons (Fsp3) is 0.706. The van der Waals surface area contributed by atoms with Gasteiger partial charge in [-0.15, -0.1) is 0 Å². The molecule has 0 aromatic carbocycles. The first-order valence-electron chi connectivity index (χ1n) is 8.03. The first kappa shape index (κ1) is 15.3. The molecule has 20 heavy (non-hydrogen) atoms. The van der Waals surface area contributed by atoms with Crippen LogP contribution in [-0.2, 0) is 6.54 Å². The van der Waals surface area contributed by atoms with Gasteiger partial charge >= 0.3 is 0 Å². The van der Waals surface area contributed by atoms with Crippen molar-refractivity contribution in [1.29, 1.82) is 0 Å². The van der Waals surface area contributed by atoms with Gasteiger partial charge in [0.2, 0.25) is 5.88 Å². The summed E-state index contributed by atoms with van der Waals surface area (Å²) in [5.74, 6) is 2.17. The predicted octanol–water partition coefficient (Wildman–Crippen LogP) is 3.79. The van der Waals surface area contributed by atoms with Crippen LogP contribution in [0.15, 0.2) is 18.2 Å². The van der Waals surface area contributed by atoms with E-state index in [1.807, 2.05) is 12.1 Å². The maximum absolute atomic E-state index is 5.87. The highest BCUT2D eigenvalue weighted by atomic mass is 16.5. The molecule has 0 spiro atoms. The number of nitrogens with one attached hydrogen (secondary N) is 1. The van der Waals surface area contributed by atoms with Gasteiger partial charge in [-0.3, -0.25) is 0 Å². The zero-order chi connectivity index (χ0) is 14.2. The van der Waals surface area contributed by atoms with Crippen molar-refractivity contribution in [3.05, 3.63) is 23.9 Å². The molecule has 0 saturated heterocycles. The van der Waals surface area contributed by atoms with Gasteiger partial charge < -0.3 is 10.1 Å². The van der Waals surface area contributed by atoms with E-state index >= 15 is 0 Å². The van der Waals surface area contributed by atoms with Crippen molar-refractivity contribution in [3.63, 3.8) is 0 Å². The zero-order valence-electron chi connectivity index (χ0n) is 12.9. The molecule has 0 unspecified atom stereocenters. The second kappa shape index (κ2) is 8.25. The van der Waals surface area contributed by atoms with Crippen molar-refractivity contribution in [2.45, 2.75) is 52.5 Å². The molecule has 0 atom stereocenters. The summed E-state index contributed by atoms with van der Waals surface area (Å²) in [6.07, 6.45) is 6.75. The normalized spacial score (nSPS) is 16.6. The first-order valence-corrected chi connectivity index (χ1v) is 8.03. The largest absolute Gasteiger partial charge is 0.477 e. The number of nitrogens with zero attached hydrogens (tertiary/aromatic N) is 1. The summed E-state index contributed by atoms with van der Waals surface area (Å²) in [5.41, 5.74) is 1.06. The Morgan fingerprint density at radius 3 is 2.80 bits per heavy atom. The van der Waals surface area contributed by atoms with Crippen molar-refractivity contribution >= 4 is 0 Å². The van der Waals surface area contributed by atoms with Crippen molar-refractivity contribution < 1.29 is 4.74 Å². The van der Waals surface area contributed by atoms with Crippen LogP contribution in [0.4, 0.5) is 0 Å². The molecule has 1 aliphatic carbocycles. The molecule has 1 fully saturated rings. The Bertz CT molecular complexity index is 386. The van der Waals surface area contributed by atoms with E-state index in [1.165, 1.54) is 32.1 Å². The molecule has 0 radical (unpaired) electrons. The molecule has 1 aliphatic rings. The van der Waals surface area contributed by atoms with E-state index < -0.39 is 0 Å². The maximum Gasteiger partial charge on any atom is 0.213 e. The smallest absolute Gasteiger partial charge is 0.213 e. The van der Waals surface area contributed by atoms with Crippen LogP contribution in [0, 0.1) is 11.8 Å². The third-order valence-electron chi connectivity index (χ3n) is 3.83. The van der Waals surface area contributed by atoms with E-state index in [1.54, 1.807) is 0 Å². The minimum absolute atomic E-state index is 0.667. The summed E-state index contributed by atoms with van der Waals surface area (Å²) in [7, 11) is 0. The van der Waals surface area contributed by atoms with Gasteiger partial charge in [-0.1, -0.05) is 39.2 Å². The van der Waals surface area contributed by atoms with E-state index in [0.29, 0.717) is 5.92 Å². The minimum atomic E-state index is 0.667. The van der Waals surface area contributed by atoms with Gasteiger partial charge in [0.25, 0.3) is 0 Å². The van der Waals surface area contributed by atoms with E-state index in [0.717, 1.165) is 37.2 Å². The summed E-state index contributed by atoms with van der Waals surface area (Å²) >= 11 is 0. The Morgan fingerprint density at radius 1 is 1.25 bits per heavy atom. The number of ether oxygens (including phenoxy) is 1. The third kappa shape index (κ3) is 5.49. The lowest BCUT2D eigenvalue weighted by atomic mass is 9.90. The van der Waals surface area contributed by atoms with E-state index in [-0.39, 0.29) is 0 Å². The maximum atomic E-state index is 5.87. The minimum Gasteiger partial charge on any atom is -0.477 e. The molecule has 1 aromatic heterocycles. The molecule has 2 rings (SSSR count). The topological polar surface area (TPSA) is 34.1 Å². The molecule has 0 amide bonds. The Hall–Kier alpha value is -1.09. The van der Waals surface area contributed by atoms with Gasteiger partial charge in [-0.25, -0.2) is 4.98 Å². The third-order valence-corrected chi connectivity index (χ3v) is 3.83. The molecular weight excluding hydrogens is 248 g/mol. The lowest BCUT2D eigenvalue weighted by molar-refractivity contribution is 0.202. The highest BCUT2D eigenvalue weighted by Crippen LogP contribution is 2.24. The van der Waals surface area contributed by atoms with Gasteiger partial charge in [0.05, 0.1) is 12.3 Å². The van der Waals surface area contributed by atoms with Gasteiger partial charge in [-0.2, -0.15) is 0 Å². The van der Waals surface area contributed by atoms with Crippen LogP contribution in [0.5, 0.6) is 5.88 Å². The summed E-state index contributed by atoms with van der Waals surface area (Å²) in [5, 5.41) is 3.42. The van der Waals surface area contributed by atoms with Gasteiger partial charge in [0.15, 0.2) is 0 Å². The van der Waals surface area contributed by atoms with Crippen LogP contribution in [0.1, 0.15) is 51.6 Å². The molecular formula is C17H28N2O. The molecule has 1 N–H and O–H groups in total. The van der Waals surface area contributed by atoms with Crippen molar-refractivity contribution in [2.24, 2.45) is 11.8 Å². The molecule has 112 valence electrons. The average molecular weight is 276 g/mol. The molecule has 3 heteroatoms. The van der Waals surface area contributed by atoms with Crippen LogP contribution in [0.2, 0.25) is 0 Å². The van der Waals surface area contributed by atoms with Crippen molar-refractivity contribution in [3.8, 4) is 5.88 Å². The van der Waals surface area contributed by atoms with Gasteiger partial charge in [0, 0.05) is 12.6 Å². The Labute approximate surface area is 123 Å². The summed E-state index contributed by atoms with van der Waals surface area (Å²) in [4.78, 5) is 4.57. The monoisotopic (exact) mass is 276 g/mol. The number of aromatic nitrogens is 1. The van der Waals surface area contributed by atoms with Crippen molar-refractivity contribution in [1.82, 2.24) is 10.3 Å². The lowest BCUT2D eigenvalue weighted by Crippen LogP contribution is -2.20. The van der Waals surface area contributed by atoms with Crippen LogP contribution in [0.3, 0.4) is 0 Å². The standard InChI is InChI=1S/C17H28N2O/c1-14(2)11-18-12-16-9-6-10-17(19-16)20-13-15-7-4-3-5-8-15/h6,9-10,14-15,18H,3-5,7-8,11-13H2,1-2H3. The average Bonchev–Trinajstić information content (AvgIpc) is 2.46. The second-order valence-electron chi connectivity index (χ2n) is 6.31. The second-order valence-corrected chi connectivity index (χ2v) is 6.31. The Kier molecular flexibility index (Phi) is 6.31. The van der Waals surface area contributed by atoms with Crippen molar-refractivity contribution in [2.75, 3.05) is 13.2 Å². The quantitative estimate of drug-likeness (QED) is 0.823. The molecule has 1 aromatic rings. The SMILES string of the molecule is CC(C)CNCc1cccc(OCC2CCCCC2)n1.